The van der Waals surface area contributed by atoms with Gasteiger partial charge in [0.25, 0.3) is 0 Å². The molecule has 6 heteroatoms. The number of hydrogen-bond acceptors (Lipinski definition) is 4. The van der Waals surface area contributed by atoms with Crippen molar-refractivity contribution in [3.8, 4) is 10.4 Å². The Labute approximate surface area is 163 Å². The van der Waals surface area contributed by atoms with Crippen LogP contribution < -0.4 is 5.32 Å². The van der Waals surface area contributed by atoms with Gasteiger partial charge < -0.3 is 5.32 Å². The van der Waals surface area contributed by atoms with E-state index in [4.69, 9.17) is 4.98 Å². The van der Waals surface area contributed by atoms with Crippen LogP contribution in [0.5, 0.6) is 0 Å². The van der Waals surface area contributed by atoms with Crippen LogP contribution in [0, 0.1) is 6.92 Å². The lowest BCUT2D eigenvalue weighted by Gasteiger charge is -2.18. The number of benzene rings is 1. The second kappa shape index (κ2) is 6.77. The summed E-state index contributed by atoms with van der Waals surface area (Å²) in [7, 11) is 1.98. The van der Waals surface area contributed by atoms with E-state index in [1.807, 2.05) is 11.7 Å². The van der Waals surface area contributed by atoms with Gasteiger partial charge in [-0.15, -0.1) is 0 Å². The Morgan fingerprint density at radius 2 is 1.93 bits per heavy atom. The quantitative estimate of drug-likeness (QED) is 0.558. The number of fused-ring (bicyclic) bond motifs is 2. The summed E-state index contributed by atoms with van der Waals surface area (Å²) in [5, 5.41) is 9.25. The van der Waals surface area contributed by atoms with Crippen molar-refractivity contribution >= 4 is 27.2 Å². The van der Waals surface area contributed by atoms with E-state index >= 15 is 0 Å². The lowest BCUT2D eigenvalue weighted by molar-refractivity contribution is 0.461. The Morgan fingerprint density at radius 1 is 1.11 bits per heavy atom. The highest BCUT2D eigenvalue weighted by atomic mass is 32.1. The SMILES string of the molecule is Cc1cc(-c2cn3cc(C4CCCNCCC4)nc3s2)cc2cn(C)nc12. The molecule has 0 spiro atoms. The third-order valence-corrected chi connectivity index (χ3v) is 6.65. The number of aromatic nitrogens is 4. The van der Waals surface area contributed by atoms with E-state index in [1.54, 1.807) is 11.3 Å². The summed E-state index contributed by atoms with van der Waals surface area (Å²) < 4.78 is 4.11. The predicted octanol–water partition coefficient (Wildman–Crippen LogP) is 4.51. The molecular formula is C21H25N5S. The van der Waals surface area contributed by atoms with Crippen LogP contribution >= 0.6 is 11.3 Å². The number of aryl methyl sites for hydroxylation is 2. The van der Waals surface area contributed by atoms with E-state index in [0.717, 1.165) is 23.6 Å². The largest absolute Gasteiger partial charge is 0.317 e. The maximum absolute atomic E-state index is 4.99. The predicted molar refractivity (Wildman–Crippen MR) is 112 cm³/mol. The summed E-state index contributed by atoms with van der Waals surface area (Å²) in [6.45, 7) is 4.41. The summed E-state index contributed by atoms with van der Waals surface area (Å²) >= 11 is 1.78. The van der Waals surface area contributed by atoms with Crippen molar-refractivity contribution in [2.24, 2.45) is 7.05 Å². The third kappa shape index (κ3) is 3.17. The molecule has 5 rings (SSSR count). The van der Waals surface area contributed by atoms with Crippen LogP contribution in [0.3, 0.4) is 0 Å². The molecule has 0 amide bonds. The molecule has 0 aliphatic carbocycles. The van der Waals surface area contributed by atoms with Gasteiger partial charge in [0.15, 0.2) is 4.96 Å². The molecule has 5 nitrogen and oxygen atoms in total. The number of thiazole rings is 1. The first-order valence-corrected chi connectivity index (χ1v) is 10.6. The highest BCUT2D eigenvalue weighted by Gasteiger charge is 2.18. The molecule has 0 saturated carbocycles. The smallest absolute Gasteiger partial charge is 0.194 e. The second-order valence-electron chi connectivity index (χ2n) is 7.72. The molecule has 27 heavy (non-hydrogen) atoms. The summed E-state index contributed by atoms with van der Waals surface area (Å²) in [5.41, 5.74) is 4.83. The zero-order valence-corrected chi connectivity index (χ0v) is 16.7. The Kier molecular flexibility index (Phi) is 4.25. The zero-order valence-electron chi connectivity index (χ0n) is 15.9. The molecule has 0 atom stereocenters. The van der Waals surface area contributed by atoms with Gasteiger partial charge in [0.2, 0.25) is 0 Å². The molecule has 4 aromatic rings. The number of rotatable bonds is 2. The molecule has 0 bridgehead atoms. The number of imidazole rings is 1. The van der Waals surface area contributed by atoms with Crippen molar-refractivity contribution in [1.29, 1.82) is 0 Å². The molecule has 1 saturated heterocycles. The van der Waals surface area contributed by atoms with Gasteiger partial charge in [-0.05, 0) is 69.0 Å². The first-order chi connectivity index (χ1) is 13.2. The van der Waals surface area contributed by atoms with Crippen LogP contribution in [0.1, 0.15) is 42.9 Å². The fourth-order valence-corrected chi connectivity index (χ4v) is 5.19. The van der Waals surface area contributed by atoms with E-state index in [-0.39, 0.29) is 0 Å². The minimum absolute atomic E-state index is 0.608. The topological polar surface area (TPSA) is 47.1 Å². The summed E-state index contributed by atoms with van der Waals surface area (Å²) in [6, 6.07) is 4.48. The first-order valence-electron chi connectivity index (χ1n) is 9.81. The van der Waals surface area contributed by atoms with E-state index in [9.17, 15) is 0 Å². The molecule has 1 aliphatic heterocycles. The van der Waals surface area contributed by atoms with Crippen LogP contribution in [-0.4, -0.2) is 32.3 Å². The molecule has 1 aromatic carbocycles. The van der Waals surface area contributed by atoms with Crippen LogP contribution in [0.2, 0.25) is 0 Å². The van der Waals surface area contributed by atoms with Crippen LogP contribution in [0.25, 0.3) is 26.3 Å². The lowest BCUT2D eigenvalue weighted by Crippen LogP contribution is -2.20. The van der Waals surface area contributed by atoms with Crippen LogP contribution in [0.15, 0.2) is 30.7 Å². The molecule has 3 aromatic heterocycles. The molecule has 1 aliphatic rings. The van der Waals surface area contributed by atoms with Gasteiger partial charge >= 0.3 is 0 Å². The Balaban J connectivity index is 1.48. The minimum Gasteiger partial charge on any atom is -0.317 e. The second-order valence-corrected chi connectivity index (χ2v) is 8.73. The molecule has 1 N–H and O–H groups in total. The van der Waals surface area contributed by atoms with Gasteiger partial charge in [0, 0.05) is 36.9 Å². The number of nitrogens with one attached hydrogen (secondary N) is 1. The van der Waals surface area contributed by atoms with Gasteiger partial charge in [0.05, 0.1) is 16.1 Å². The molecule has 0 radical (unpaired) electrons. The molecule has 0 unspecified atom stereocenters. The van der Waals surface area contributed by atoms with Gasteiger partial charge in [0.1, 0.15) is 0 Å². The van der Waals surface area contributed by atoms with Gasteiger partial charge in [-0.25, -0.2) is 4.98 Å². The zero-order chi connectivity index (χ0) is 18.4. The van der Waals surface area contributed by atoms with E-state index in [1.165, 1.54) is 52.8 Å². The van der Waals surface area contributed by atoms with Crippen molar-refractivity contribution in [3.05, 3.63) is 42.0 Å². The third-order valence-electron chi connectivity index (χ3n) is 5.60. The first kappa shape index (κ1) is 17.0. The van der Waals surface area contributed by atoms with Gasteiger partial charge in [-0.2, -0.15) is 5.10 Å². The summed E-state index contributed by atoms with van der Waals surface area (Å²) in [6.07, 6.45) is 11.5. The Hall–Kier alpha value is -2.18. The van der Waals surface area contributed by atoms with Crippen LogP contribution in [0.4, 0.5) is 0 Å². The van der Waals surface area contributed by atoms with Crippen molar-refractivity contribution in [2.45, 2.75) is 38.5 Å². The Morgan fingerprint density at radius 3 is 2.70 bits per heavy atom. The fraction of sp³-hybridized carbons (Fsp3) is 0.429. The monoisotopic (exact) mass is 379 g/mol. The Bertz CT molecular complexity index is 1060. The maximum Gasteiger partial charge on any atom is 0.194 e. The normalized spacial score (nSPS) is 16.8. The average molecular weight is 380 g/mol. The van der Waals surface area contributed by atoms with E-state index < -0.39 is 0 Å². The maximum atomic E-state index is 4.99. The van der Waals surface area contributed by atoms with Crippen molar-refractivity contribution in [1.82, 2.24) is 24.5 Å². The van der Waals surface area contributed by atoms with Gasteiger partial charge in [-0.3, -0.25) is 9.08 Å². The lowest BCUT2D eigenvalue weighted by atomic mass is 9.93. The van der Waals surface area contributed by atoms with Crippen LogP contribution in [-0.2, 0) is 7.05 Å². The fourth-order valence-electron chi connectivity index (χ4n) is 4.23. The number of hydrogen-bond donors (Lipinski definition) is 1. The summed E-state index contributed by atoms with van der Waals surface area (Å²) in [5.74, 6) is 0.608. The van der Waals surface area contributed by atoms with E-state index in [0.29, 0.717) is 5.92 Å². The van der Waals surface area contributed by atoms with E-state index in [2.05, 4.69) is 52.5 Å². The van der Waals surface area contributed by atoms with Gasteiger partial charge in [-0.1, -0.05) is 11.3 Å². The minimum atomic E-state index is 0.608. The van der Waals surface area contributed by atoms with Crippen molar-refractivity contribution in [2.75, 3.05) is 13.1 Å². The average Bonchev–Trinajstić information content (AvgIpc) is 3.26. The highest BCUT2D eigenvalue weighted by molar-refractivity contribution is 7.20. The van der Waals surface area contributed by atoms with Crippen molar-refractivity contribution < 1.29 is 0 Å². The van der Waals surface area contributed by atoms with Crippen molar-refractivity contribution in [3.63, 3.8) is 0 Å². The summed E-state index contributed by atoms with van der Waals surface area (Å²) in [4.78, 5) is 7.35. The molecule has 1 fully saturated rings. The number of nitrogens with zero attached hydrogens (tertiary/aromatic N) is 4. The highest BCUT2D eigenvalue weighted by Crippen LogP contribution is 2.34. The molecular weight excluding hydrogens is 354 g/mol. The standard InChI is InChI=1S/C21H25N5S/c1-14-9-16(10-17-11-25(2)24-20(14)17)19-13-26-12-18(23-21(26)27-19)15-5-3-7-22-8-4-6-15/h9-13,15,22H,3-8H2,1-2H3. The molecule has 4 heterocycles. The molecule has 140 valence electrons.